The molecule has 1 aromatic heterocycles. The Balaban J connectivity index is 2.48. The van der Waals surface area contributed by atoms with E-state index in [1.807, 2.05) is 4.90 Å². The van der Waals surface area contributed by atoms with Crippen molar-refractivity contribution in [1.82, 2.24) is 9.78 Å². The fraction of sp³-hybridized carbons (Fsp3) is 0.636. The maximum absolute atomic E-state index is 9.44. The van der Waals surface area contributed by atoms with Crippen LogP contribution in [0.15, 0.2) is 5.16 Å². The van der Waals surface area contributed by atoms with Crippen LogP contribution in [0.4, 0.5) is 5.82 Å². The summed E-state index contributed by atoms with van der Waals surface area (Å²) in [6, 6.07) is -0.159. The van der Waals surface area contributed by atoms with E-state index in [4.69, 9.17) is 15.7 Å². The molecule has 19 heavy (non-hydrogen) atoms. The molecule has 106 valence electrons. The molecule has 0 amide bonds. The van der Waals surface area contributed by atoms with Crippen molar-refractivity contribution in [3.05, 3.63) is 11.3 Å². The summed E-state index contributed by atoms with van der Waals surface area (Å²) in [7, 11) is 1.79. The second-order valence-electron chi connectivity index (χ2n) is 4.50. The molecule has 0 saturated carbocycles. The third-order valence-electron chi connectivity index (χ3n) is 3.27. The molecule has 0 spiro atoms. The van der Waals surface area contributed by atoms with Crippen molar-refractivity contribution in [3.63, 3.8) is 0 Å². The molecule has 1 aromatic rings. The average molecular weight is 269 g/mol. The van der Waals surface area contributed by atoms with E-state index in [1.54, 1.807) is 18.7 Å². The molecule has 8 nitrogen and oxygen atoms in total. The third-order valence-corrected chi connectivity index (χ3v) is 3.27. The normalized spacial score (nSPS) is 20.9. The van der Waals surface area contributed by atoms with E-state index in [0.717, 1.165) is 5.82 Å². The minimum absolute atomic E-state index is 0.0174. The topological polar surface area (TPSA) is 109 Å². The molecule has 4 N–H and O–H groups in total. The van der Waals surface area contributed by atoms with Crippen molar-refractivity contribution >= 4 is 11.7 Å². The highest BCUT2D eigenvalue weighted by Gasteiger charge is 2.29. The number of aryl methyl sites for hydroxylation is 2. The fourth-order valence-corrected chi connectivity index (χ4v) is 2.41. The maximum Gasteiger partial charge on any atom is 0.175 e. The second kappa shape index (κ2) is 5.45. The lowest BCUT2D eigenvalue weighted by atomic mass is 10.1. The van der Waals surface area contributed by atoms with Crippen LogP contribution in [0.3, 0.4) is 0 Å². The van der Waals surface area contributed by atoms with Gasteiger partial charge in [-0.2, -0.15) is 5.10 Å². The predicted octanol–water partition coefficient (Wildman–Crippen LogP) is -0.979. The zero-order valence-electron chi connectivity index (χ0n) is 11.1. The first kappa shape index (κ1) is 13.6. The van der Waals surface area contributed by atoms with Crippen molar-refractivity contribution in [2.75, 3.05) is 31.3 Å². The van der Waals surface area contributed by atoms with E-state index in [9.17, 15) is 5.11 Å². The Morgan fingerprint density at radius 1 is 1.63 bits per heavy atom. The highest BCUT2D eigenvalue weighted by atomic mass is 16.5. The van der Waals surface area contributed by atoms with Crippen LogP contribution in [0.5, 0.6) is 0 Å². The Morgan fingerprint density at radius 2 is 2.37 bits per heavy atom. The number of rotatable bonds is 3. The first-order chi connectivity index (χ1) is 9.10. The molecule has 1 aliphatic rings. The lowest BCUT2D eigenvalue weighted by Crippen LogP contribution is -2.49. The number of oxime groups is 1. The Hall–Kier alpha value is -1.80. The number of aliphatic hydroxyl groups excluding tert-OH is 1. The number of anilines is 1. The summed E-state index contributed by atoms with van der Waals surface area (Å²) in [6.45, 7) is 3.40. The Bertz CT molecular complexity index is 485. The van der Waals surface area contributed by atoms with Gasteiger partial charge in [0.1, 0.15) is 5.82 Å². The number of nitrogens with two attached hydrogens (primary N) is 1. The van der Waals surface area contributed by atoms with E-state index in [0.29, 0.717) is 31.0 Å². The third kappa shape index (κ3) is 2.36. The van der Waals surface area contributed by atoms with Crippen LogP contribution in [-0.4, -0.2) is 58.3 Å². The first-order valence-corrected chi connectivity index (χ1v) is 6.06. The lowest BCUT2D eigenvalue weighted by Gasteiger charge is -2.36. The van der Waals surface area contributed by atoms with Crippen molar-refractivity contribution < 1.29 is 15.1 Å². The molecule has 2 heterocycles. The van der Waals surface area contributed by atoms with Gasteiger partial charge in [-0.1, -0.05) is 5.16 Å². The number of aliphatic hydroxyl groups is 1. The number of aromatic nitrogens is 2. The largest absolute Gasteiger partial charge is 0.409 e. The molecule has 2 rings (SSSR count). The molecule has 1 unspecified atom stereocenters. The fourth-order valence-electron chi connectivity index (χ4n) is 2.41. The molecule has 1 fully saturated rings. The van der Waals surface area contributed by atoms with Gasteiger partial charge in [0, 0.05) is 13.6 Å². The molecule has 0 radical (unpaired) electrons. The van der Waals surface area contributed by atoms with E-state index in [2.05, 4.69) is 10.3 Å². The molecule has 0 bridgehead atoms. The molecule has 0 aromatic carbocycles. The van der Waals surface area contributed by atoms with Crippen molar-refractivity contribution in [1.29, 1.82) is 0 Å². The number of nitrogens with zero attached hydrogens (tertiary/aromatic N) is 4. The standard InChI is InChI=1S/C11H19N5O3/c1-7-9(10(12)14-18)11(15(2)13-7)16-3-4-19-6-8(16)5-17/h8,17-18H,3-6H2,1-2H3,(H2,12,14). The van der Waals surface area contributed by atoms with E-state index < -0.39 is 0 Å². The Labute approximate surface area is 111 Å². The van der Waals surface area contributed by atoms with Crippen LogP contribution in [0.2, 0.25) is 0 Å². The molecular formula is C11H19N5O3. The number of hydrogen-bond donors (Lipinski definition) is 3. The molecule has 1 atom stereocenters. The van der Waals surface area contributed by atoms with Crippen LogP contribution in [0.25, 0.3) is 0 Å². The van der Waals surface area contributed by atoms with Gasteiger partial charge in [0.05, 0.1) is 37.1 Å². The van der Waals surface area contributed by atoms with E-state index in [1.165, 1.54) is 0 Å². The van der Waals surface area contributed by atoms with Gasteiger partial charge < -0.3 is 25.7 Å². The monoisotopic (exact) mass is 269 g/mol. The van der Waals surface area contributed by atoms with E-state index >= 15 is 0 Å². The quantitative estimate of drug-likeness (QED) is 0.282. The van der Waals surface area contributed by atoms with Gasteiger partial charge in [-0.15, -0.1) is 0 Å². The Morgan fingerprint density at radius 3 is 3.00 bits per heavy atom. The van der Waals surface area contributed by atoms with Gasteiger partial charge in [0.15, 0.2) is 5.84 Å². The Kier molecular flexibility index (Phi) is 3.91. The molecule has 1 saturated heterocycles. The highest BCUT2D eigenvalue weighted by molar-refractivity contribution is 6.02. The smallest absolute Gasteiger partial charge is 0.175 e. The van der Waals surface area contributed by atoms with Gasteiger partial charge >= 0.3 is 0 Å². The summed E-state index contributed by atoms with van der Waals surface area (Å²) in [6.07, 6.45) is 0. The van der Waals surface area contributed by atoms with Crippen molar-refractivity contribution in [3.8, 4) is 0 Å². The lowest BCUT2D eigenvalue weighted by molar-refractivity contribution is 0.0719. The SMILES string of the molecule is Cc1nn(C)c(N2CCOCC2CO)c1C(N)=NO. The maximum atomic E-state index is 9.44. The zero-order chi connectivity index (χ0) is 14.0. The van der Waals surface area contributed by atoms with Crippen LogP contribution in [0.1, 0.15) is 11.3 Å². The van der Waals surface area contributed by atoms with Crippen molar-refractivity contribution in [2.45, 2.75) is 13.0 Å². The number of morpholine rings is 1. The molecule has 8 heteroatoms. The highest BCUT2D eigenvalue weighted by Crippen LogP contribution is 2.26. The summed E-state index contributed by atoms with van der Waals surface area (Å²) in [4.78, 5) is 1.98. The zero-order valence-corrected chi connectivity index (χ0v) is 11.1. The van der Waals surface area contributed by atoms with Gasteiger partial charge in [-0.3, -0.25) is 4.68 Å². The van der Waals surface area contributed by atoms with Gasteiger partial charge in [0.2, 0.25) is 0 Å². The van der Waals surface area contributed by atoms with Crippen LogP contribution in [0, 0.1) is 6.92 Å². The summed E-state index contributed by atoms with van der Waals surface area (Å²) >= 11 is 0. The number of ether oxygens (including phenoxy) is 1. The van der Waals surface area contributed by atoms with Crippen LogP contribution in [-0.2, 0) is 11.8 Å². The average Bonchev–Trinajstić information content (AvgIpc) is 2.72. The summed E-state index contributed by atoms with van der Waals surface area (Å²) < 4.78 is 7.03. The minimum atomic E-state index is -0.159. The van der Waals surface area contributed by atoms with E-state index in [-0.39, 0.29) is 18.5 Å². The van der Waals surface area contributed by atoms with Gasteiger partial charge in [-0.05, 0) is 6.92 Å². The summed E-state index contributed by atoms with van der Waals surface area (Å²) in [5.41, 5.74) is 6.99. The van der Waals surface area contributed by atoms with Gasteiger partial charge in [0.25, 0.3) is 0 Å². The summed E-state index contributed by atoms with van der Waals surface area (Å²) in [5, 5.41) is 25.7. The van der Waals surface area contributed by atoms with Gasteiger partial charge in [-0.25, -0.2) is 0 Å². The first-order valence-electron chi connectivity index (χ1n) is 6.06. The minimum Gasteiger partial charge on any atom is -0.409 e. The molecule has 0 aliphatic carbocycles. The number of hydrogen-bond acceptors (Lipinski definition) is 6. The molecular weight excluding hydrogens is 250 g/mol. The van der Waals surface area contributed by atoms with Crippen molar-refractivity contribution in [2.24, 2.45) is 17.9 Å². The van der Waals surface area contributed by atoms with Crippen LogP contribution >= 0.6 is 0 Å². The number of amidine groups is 1. The second-order valence-corrected chi connectivity index (χ2v) is 4.50. The predicted molar refractivity (Wildman–Crippen MR) is 69.5 cm³/mol. The summed E-state index contributed by atoms with van der Waals surface area (Å²) in [5.74, 6) is 0.749. The molecule has 1 aliphatic heterocycles. The van der Waals surface area contributed by atoms with Crippen LogP contribution < -0.4 is 10.6 Å².